The molecule has 2 heterocycles. The number of likely N-dealkylation sites (tertiary alicyclic amines) is 2. The minimum Gasteiger partial charge on any atom is -0.368 e. The van der Waals surface area contributed by atoms with Crippen LogP contribution in [0.3, 0.4) is 0 Å². The van der Waals surface area contributed by atoms with Crippen LogP contribution in [0.5, 0.6) is 0 Å². The van der Waals surface area contributed by atoms with Crippen LogP contribution in [0.4, 0.5) is 0 Å². The SMILES string of the molecule is CC[C@H](C(=O)N1CCC(N2CCC[C@H]2C(N)=O)CC1)c1ccccc1. The van der Waals surface area contributed by atoms with Gasteiger partial charge in [0.05, 0.1) is 12.0 Å². The van der Waals surface area contributed by atoms with Gasteiger partial charge < -0.3 is 10.6 Å². The second-order valence-corrected chi connectivity index (χ2v) is 7.23. The molecular formula is C20H29N3O2. The molecule has 0 aliphatic carbocycles. The van der Waals surface area contributed by atoms with Gasteiger partial charge in [-0.2, -0.15) is 0 Å². The van der Waals surface area contributed by atoms with Crippen molar-refractivity contribution in [3.63, 3.8) is 0 Å². The van der Waals surface area contributed by atoms with Crippen LogP contribution in [0.15, 0.2) is 30.3 Å². The van der Waals surface area contributed by atoms with Crippen LogP contribution in [0.1, 0.15) is 50.5 Å². The Balaban J connectivity index is 1.60. The van der Waals surface area contributed by atoms with Gasteiger partial charge in [-0.3, -0.25) is 14.5 Å². The fourth-order valence-electron chi connectivity index (χ4n) is 4.41. The number of carbonyl (C=O) groups excluding carboxylic acids is 2. The Bertz CT molecular complexity index is 596. The minimum atomic E-state index is -0.203. The molecule has 25 heavy (non-hydrogen) atoms. The van der Waals surface area contributed by atoms with Crippen LogP contribution in [0, 0.1) is 0 Å². The second kappa shape index (κ2) is 8.00. The molecule has 2 amide bonds. The first-order valence-corrected chi connectivity index (χ1v) is 9.50. The topological polar surface area (TPSA) is 66.6 Å². The molecule has 0 spiro atoms. The zero-order chi connectivity index (χ0) is 17.8. The number of hydrogen-bond donors (Lipinski definition) is 1. The van der Waals surface area contributed by atoms with Crippen LogP contribution in [0.2, 0.25) is 0 Å². The van der Waals surface area contributed by atoms with Crippen LogP contribution < -0.4 is 5.73 Å². The molecule has 2 aliphatic heterocycles. The van der Waals surface area contributed by atoms with E-state index in [-0.39, 0.29) is 23.8 Å². The quantitative estimate of drug-likeness (QED) is 0.890. The van der Waals surface area contributed by atoms with Crippen molar-refractivity contribution >= 4 is 11.8 Å². The zero-order valence-corrected chi connectivity index (χ0v) is 15.1. The van der Waals surface area contributed by atoms with Gasteiger partial charge in [0.2, 0.25) is 11.8 Å². The maximum atomic E-state index is 13.0. The first kappa shape index (κ1) is 17.9. The van der Waals surface area contributed by atoms with Crippen molar-refractivity contribution in [1.82, 2.24) is 9.80 Å². The number of nitrogens with two attached hydrogens (primary N) is 1. The Labute approximate surface area is 150 Å². The highest BCUT2D eigenvalue weighted by molar-refractivity contribution is 5.84. The smallest absolute Gasteiger partial charge is 0.234 e. The molecule has 2 saturated heterocycles. The van der Waals surface area contributed by atoms with Gasteiger partial charge in [-0.1, -0.05) is 37.3 Å². The molecule has 136 valence electrons. The lowest BCUT2D eigenvalue weighted by Gasteiger charge is -2.39. The third-order valence-electron chi connectivity index (χ3n) is 5.78. The zero-order valence-electron chi connectivity index (χ0n) is 15.1. The van der Waals surface area contributed by atoms with E-state index in [1.54, 1.807) is 0 Å². The van der Waals surface area contributed by atoms with Gasteiger partial charge in [-0.25, -0.2) is 0 Å². The van der Waals surface area contributed by atoms with Crippen molar-refractivity contribution in [3.8, 4) is 0 Å². The Morgan fingerprint density at radius 3 is 2.40 bits per heavy atom. The highest BCUT2D eigenvalue weighted by Gasteiger charge is 2.37. The molecule has 0 unspecified atom stereocenters. The van der Waals surface area contributed by atoms with Crippen molar-refractivity contribution in [1.29, 1.82) is 0 Å². The second-order valence-electron chi connectivity index (χ2n) is 7.23. The fraction of sp³-hybridized carbons (Fsp3) is 0.600. The number of rotatable bonds is 5. The molecule has 5 nitrogen and oxygen atoms in total. The molecular weight excluding hydrogens is 314 g/mol. The van der Waals surface area contributed by atoms with Gasteiger partial charge in [-0.15, -0.1) is 0 Å². The van der Waals surface area contributed by atoms with E-state index in [0.29, 0.717) is 6.04 Å². The molecule has 3 rings (SSSR count). The molecule has 2 fully saturated rings. The summed E-state index contributed by atoms with van der Waals surface area (Å²) < 4.78 is 0. The van der Waals surface area contributed by atoms with Crippen molar-refractivity contribution in [2.45, 2.75) is 57.0 Å². The first-order chi connectivity index (χ1) is 12.1. The van der Waals surface area contributed by atoms with E-state index in [0.717, 1.165) is 57.3 Å². The normalized spacial score (nSPS) is 23.6. The van der Waals surface area contributed by atoms with Crippen LogP contribution >= 0.6 is 0 Å². The monoisotopic (exact) mass is 343 g/mol. The molecule has 0 aromatic heterocycles. The predicted octanol–water partition coefficient (Wildman–Crippen LogP) is 2.12. The summed E-state index contributed by atoms with van der Waals surface area (Å²) in [5, 5.41) is 0. The predicted molar refractivity (Wildman–Crippen MR) is 98.0 cm³/mol. The number of nitrogens with zero attached hydrogens (tertiary/aromatic N) is 2. The summed E-state index contributed by atoms with van der Waals surface area (Å²) in [6, 6.07) is 10.3. The summed E-state index contributed by atoms with van der Waals surface area (Å²) in [7, 11) is 0. The lowest BCUT2D eigenvalue weighted by molar-refractivity contribution is -0.135. The Kier molecular flexibility index (Phi) is 5.74. The molecule has 1 aromatic carbocycles. The van der Waals surface area contributed by atoms with Crippen molar-refractivity contribution in [2.75, 3.05) is 19.6 Å². The van der Waals surface area contributed by atoms with E-state index in [4.69, 9.17) is 5.73 Å². The Hall–Kier alpha value is -1.88. The minimum absolute atomic E-state index is 0.0529. The standard InChI is InChI=1S/C20H29N3O2/c1-2-17(15-7-4-3-5-8-15)20(25)22-13-10-16(11-14-22)23-12-6-9-18(23)19(21)24/h3-5,7-8,16-18H,2,6,9-14H2,1H3,(H2,21,24)/t17-,18-/m0/s1. The highest BCUT2D eigenvalue weighted by atomic mass is 16.2. The third-order valence-corrected chi connectivity index (χ3v) is 5.78. The summed E-state index contributed by atoms with van der Waals surface area (Å²) in [4.78, 5) is 28.9. The first-order valence-electron chi connectivity index (χ1n) is 9.50. The van der Waals surface area contributed by atoms with Gasteiger partial charge >= 0.3 is 0 Å². The average molecular weight is 343 g/mol. The van der Waals surface area contributed by atoms with Gasteiger partial charge in [-0.05, 0) is 44.2 Å². The van der Waals surface area contributed by atoms with Crippen molar-refractivity contribution in [3.05, 3.63) is 35.9 Å². The van der Waals surface area contributed by atoms with Gasteiger partial charge in [0.25, 0.3) is 0 Å². The van der Waals surface area contributed by atoms with E-state index in [1.165, 1.54) is 0 Å². The number of carbonyl (C=O) groups is 2. The number of hydrogen-bond acceptors (Lipinski definition) is 3. The largest absolute Gasteiger partial charge is 0.368 e. The van der Waals surface area contributed by atoms with Gasteiger partial charge in [0, 0.05) is 19.1 Å². The summed E-state index contributed by atoms with van der Waals surface area (Å²) in [5.41, 5.74) is 6.65. The number of benzene rings is 1. The third kappa shape index (κ3) is 3.87. The van der Waals surface area contributed by atoms with Crippen LogP contribution in [-0.2, 0) is 9.59 Å². The van der Waals surface area contributed by atoms with E-state index in [9.17, 15) is 9.59 Å². The molecule has 2 N–H and O–H groups in total. The highest BCUT2D eigenvalue weighted by Crippen LogP contribution is 2.28. The van der Waals surface area contributed by atoms with Crippen molar-refractivity contribution in [2.24, 2.45) is 5.73 Å². The number of primary amides is 1. The number of piperidine rings is 1. The van der Waals surface area contributed by atoms with E-state index < -0.39 is 0 Å². The van der Waals surface area contributed by atoms with Crippen LogP contribution in [0.25, 0.3) is 0 Å². The molecule has 5 heteroatoms. The maximum absolute atomic E-state index is 13.0. The van der Waals surface area contributed by atoms with Gasteiger partial charge in [0.1, 0.15) is 0 Å². The molecule has 0 saturated carbocycles. The maximum Gasteiger partial charge on any atom is 0.234 e. The molecule has 2 aliphatic rings. The molecule has 0 bridgehead atoms. The molecule has 1 aromatic rings. The molecule has 0 radical (unpaired) electrons. The average Bonchev–Trinajstić information content (AvgIpc) is 3.13. The van der Waals surface area contributed by atoms with Gasteiger partial charge in [0.15, 0.2) is 0 Å². The Morgan fingerprint density at radius 1 is 1.12 bits per heavy atom. The lowest BCUT2D eigenvalue weighted by Crippen LogP contribution is -2.51. The lowest BCUT2D eigenvalue weighted by atomic mass is 9.93. The number of amides is 2. The fourth-order valence-corrected chi connectivity index (χ4v) is 4.41. The van der Waals surface area contributed by atoms with E-state index in [2.05, 4.69) is 11.8 Å². The summed E-state index contributed by atoms with van der Waals surface area (Å²) in [5.74, 6) is -0.0194. The van der Waals surface area contributed by atoms with Crippen LogP contribution in [-0.4, -0.2) is 53.3 Å². The molecule has 2 atom stereocenters. The van der Waals surface area contributed by atoms with E-state index in [1.807, 2.05) is 35.2 Å². The van der Waals surface area contributed by atoms with E-state index >= 15 is 0 Å². The summed E-state index contributed by atoms with van der Waals surface area (Å²) >= 11 is 0. The van der Waals surface area contributed by atoms with Crippen molar-refractivity contribution < 1.29 is 9.59 Å². The Morgan fingerprint density at radius 2 is 1.80 bits per heavy atom. The summed E-state index contributed by atoms with van der Waals surface area (Å²) in [6.07, 6.45) is 4.60. The summed E-state index contributed by atoms with van der Waals surface area (Å²) in [6.45, 7) is 4.57.